The Kier molecular flexibility index (Phi) is 6.34. The standard InChI is InChI=1S/C8H11NO3/c10-4-1-2-8(3-5-11)6-9-7-12/h1-5,7,10-11H,6H2,(H,9,12)/b4-1+,5-3+,8-2+. The van der Waals surface area contributed by atoms with Crippen LogP contribution in [0.1, 0.15) is 0 Å². The summed E-state index contributed by atoms with van der Waals surface area (Å²) in [6.45, 7) is 0.310. The Hall–Kier alpha value is -1.71. The highest BCUT2D eigenvalue weighted by atomic mass is 16.2. The van der Waals surface area contributed by atoms with Gasteiger partial charge in [0.05, 0.1) is 12.5 Å². The van der Waals surface area contributed by atoms with Crippen molar-refractivity contribution in [2.45, 2.75) is 0 Å². The van der Waals surface area contributed by atoms with Crippen LogP contribution in [-0.4, -0.2) is 23.2 Å². The summed E-state index contributed by atoms with van der Waals surface area (Å²) in [6.07, 6.45) is 6.65. The molecule has 0 atom stereocenters. The highest BCUT2D eigenvalue weighted by Crippen LogP contribution is 1.94. The Morgan fingerprint density at radius 1 is 1.33 bits per heavy atom. The number of aliphatic hydroxyl groups excluding tert-OH is 2. The molecule has 0 aromatic rings. The fourth-order valence-electron chi connectivity index (χ4n) is 0.595. The molecule has 0 saturated heterocycles. The Morgan fingerprint density at radius 2 is 2.08 bits per heavy atom. The van der Waals surface area contributed by atoms with E-state index < -0.39 is 0 Å². The quantitative estimate of drug-likeness (QED) is 0.324. The third-order valence-electron chi connectivity index (χ3n) is 1.07. The van der Waals surface area contributed by atoms with Crippen molar-refractivity contribution >= 4 is 6.41 Å². The Balaban J connectivity index is 4.11. The van der Waals surface area contributed by atoms with E-state index in [1.807, 2.05) is 0 Å². The van der Waals surface area contributed by atoms with Crippen LogP contribution in [0.5, 0.6) is 0 Å². The number of hydrogen-bond donors (Lipinski definition) is 3. The highest BCUT2D eigenvalue weighted by molar-refractivity contribution is 5.47. The van der Waals surface area contributed by atoms with Crippen LogP contribution in [0.25, 0.3) is 0 Å². The number of nitrogens with one attached hydrogen (secondary N) is 1. The van der Waals surface area contributed by atoms with Gasteiger partial charge in [-0.2, -0.15) is 0 Å². The lowest BCUT2D eigenvalue weighted by atomic mass is 10.2. The van der Waals surface area contributed by atoms with Gasteiger partial charge in [-0.1, -0.05) is 6.08 Å². The second kappa shape index (κ2) is 7.40. The predicted molar refractivity (Wildman–Crippen MR) is 45.7 cm³/mol. The third kappa shape index (κ3) is 5.10. The first kappa shape index (κ1) is 10.3. The van der Waals surface area contributed by atoms with Gasteiger partial charge in [-0.3, -0.25) is 4.79 Å². The second-order valence-electron chi connectivity index (χ2n) is 1.90. The van der Waals surface area contributed by atoms with Crippen molar-refractivity contribution in [1.82, 2.24) is 5.32 Å². The molecule has 66 valence electrons. The van der Waals surface area contributed by atoms with Crippen LogP contribution in [0.3, 0.4) is 0 Å². The van der Waals surface area contributed by atoms with E-state index >= 15 is 0 Å². The molecule has 12 heavy (non-hydrogen) atoms. The van der Waals surface area contributed by atoms with Crippen molar-refractivity contribution in [3.63, 3.8) is 0 Å². The lowest BCUT2D eigenvalue weighted by molar-refractivity contribution is -0.109. The molecule has 0 fully saturated rings. The SMILES string of the molecule is O=CNCC(/C=C/O)=C/C=C/O. The van der Waals surface area contributed by atoms with Crippen LogP contribution in [0, 0.1) is 0 Å². The van der Waals surface area contributed by atoms with Crippen LogP contribution in [0.2, 0.25) is 0 Å². The van der Waals surface area contributed by atoms with Crippen molar-refractivity contribution in [3.8, 4) is 0 Å². The van der Waals surface area contributed by atoms with Gasteiger partial charge >= 0.3 is 0 Å². The molecule has 4 nitrogen and oxygen atoms in total. The van der Waals surface area contributed by atoms with Crippen LogP contribution in [0.4, 0.5) is 0 Å². The molecule has 3 N–H and O–H groups in total. The molecule has 0 unspecified atom stereocenters. The molecule has 0 bridgehead atoms. The first-order valence-corrected chi connectivity index (χ1v) is 3.33. The Bertz CT molecular complexity index is 206. The van der Waals surface area contributed by atoms with Crippen molar-refractivity contribution in [1.29, 1.82) is 0 Å². The molecule has 0 radical (unpaired) electrons. The number of carbonyl (C=O) groups excluding carboxylic acids is 1. The topological polar surface area (TPSA) is 69.6 Å². The first-order valence-electron chi connectivity index (χ1n) is 3.33. The fourth-order valence-corrected chi connectivity index (χ4v) is 0.595. The van der Waals surface area contributed by atoms with Crippen molar-refractivity contribution < 1.29 is 15.0 Å². The minimum Gasteiger partial charge on any atom is -0.516 e. The molecule has 0 spiro atoms. The molecule has 0 aliphatic rings. The van der Waals surface area contributed by atoms with Crippen LogP contribution in [-0.2, 0) is 4.79 Å². The van der Waals surface area contributed by atoms with Gasteiger partial charge in [-0.15, -0.1) is 0 Å². The lowest BCUT2D eigenvalue weighted by Crippen LogP contribution is -2.13. The summed E-state index contributed by atoms with van der Waals surface area (Å²) in [4.78, 5) is 9.90. The van der Waals surface area contributed by atoms with Crippen molar-refractivity contribution in [2.75, 3.05) is 6.54 Å². The Morgan fingerprint density at radius 3 is 2.58 bits per heavy atom. The number of aliphatic hydroxyl groups is 2. The van der Waals surface area contributed by atoms with E-state index in [-0.39, 0.29) is 0 Å². The monoisotopic (exact) mass is 169 g/mol. The van der Waals surface area contributed by atoms with Crippen LogP contribution >= 0.6 is 0 Å². The Labute approximate surface area is 70.5 Å². The molecular weight excluding hydrogens is 158 g/mol. The van der Waals surface area contributed by atoms with Gasteiger partial charge in [-0.25, -0.2) is 0 Å². The maximum atomic E-state index is 9.90. The van der Waals surface area contributed by atoms with Gasteiger partial charge in [0, 0.05) is 6.54 Å². The lowest BCUT2D eigenvalue weighted by Gasteiger charge is -1.97. The highest BCUT2D eigenvalue weighted by Gasteiger charge is 1.88. The number of carbonyl (C=O) groups is 1. The minimum atomic E-state index is 0.310. The molecule has 0 aromatic heterocycles. The minimum absolute atomic E-state index is 0.310. The summed E-state index contributed by atoms with van der Waals surface area (Å²) >= 11 is 0. The van der Waals surface area contributed by atoms with E-state index in [0.29, 0.717) is 18.5 Å². The molecule has 0 saturated carbocycles. The van der Waals surface area contributed by atoms with Gasteiger partial charge in [-0.05, 0) is 17.7 Å². The van der Waals surface area contributed by atoms with Crippen LogP contribution < -0.4 is 5.32 Å². The largest absolute Gasteiger partial charge is 0.516 e. The van der Waals surface area contributed by atoms with Gasteiger partial charge in [0.15, 0.2) is 0 Å². The van der Waals surface area contributed by atoms with E-state index in [1.165, 1.54) is 12.2 Å². The zero-order chi connectivity index (χ0) is 9.23. The summed E-state index contributed by atoms with van der Waals surface area (Å²) in [5, 5.41) is 19.1. The van der Waals surface area contributed by atoms with Gasteiger partial charge in [0.1, 0.15) is 0 Å². The molecule has 0 aromatic carbocycles. The second-order valence-corrected chi connectivity index (χ2v) is 1.90. The summed E-state index contributed by atoms with van der Waals surface area (Å²) in [5.74, 6) is 0. The maximum absolute atomic E-state index is 9.90. The van der Waals surface area contributed by atoms with Crippen molar-refractivity contribution in [2.24, 2.45) is 0 Å². The molecule has 0 rings (SSSR count). The molecule has 4 heteroatoms. The normalized spacial score (nSPS) is 12.5. The molecular formula is C8H11NO3. The van der Waals surface area contributed by atoms with E-state index in [1.54, 1.807) is 6.08 Å². The van der Waals surface area contributed by atoms with E-state index in [2.05, 4.69) is 5.32 Å². The van der Waals surface area contributed by atoms with Crippen LogP contribution in [0.15, 0.2) is 36.3 Å². The number of allylic oxidation sites excluding steroid dienone is 2. The molecule has 0 aliphatic heterocycles. The maximum Gasteiger partial charge on any atom is 0.207 e. The number of rotatable bonds is 5. The van der Waals surface area contributed by atoms with E-state index in [9.17, 15) is 4.79 Å². The zero-order valence-corrected chi connectivity index (χ0v) is 6.47. The summed E-state index contributed by atoms with van der Waals surface area (Å²) in [7, 11) is 0. The van der Waals surface area contributed by atoms with Gasteiger partial charge in [0.25, 0.3) is 0 Å². The fraction of sp³-hybridized carbons (Fsp3) is 0.125. The van der Waals surface area contributed by atoms with Crippen molar-refractivity contribution in [3.05, 3.63) is 36.3 Å². The first-order chi connectivity index (χ1) is 5.85. The van der Waals surface area contributed by atoms with Gasteiger partial charge < -0.3 is 15.5 Å². The van der Waals surface area contributed by atoms with E-state index in [0.717, 1.165) is 12.5 Å². The number of amides is 1. The van der Waals surface area contributed by atoms with Gasteiger partial charge in [0.2, 0.25) is 6.41 Å². The summed E-state index contributed by atoms with van der Waals surface area (Å²) < 4.78 is 0. The predicted octanol–water partition coefficient (Wildman–Crippen LogP) is 0.802. The average molecular weight is 169 g/mol. The summed E-state index contributed by atoms with van der Waals surface area (Å²) in [6, 6.07) is 0. The third-order valence-corrected chi connectivity index (χ3v) is 1.07. The van der Waals surface area contributed by atoms with E-state index in [4.69, 9.17) is 10.2 Å². The zero-order valence-electron chi connectivity index (χ0n) is 6.47. The smallest absolute Gasteiger partial charge is 0.207 e. The average Bonchev–Trinajstić information content (AvgIpc) is 2.10. The molecule has 0 aliphatic carbocycles. The molecule has 1 amide bonds. The molecule has 0 heterocycles. The number of hydrogen-bond acceptors (Lipinski definition) is 3. The summed E-state index contributed by atoms with van der Waals surface area (Å²) in [5.41, 5.74) is 0.676.